The minimum absolute atomic E-state index is 0. The molecule has 3 unspecified atom stereocenters. The van der Waals surface area contributed by atoms with Crippen LogP contribution in [0.3, 0.4) is 0 Å². The van der Waals surface area contributed by atoms with Gasteiger partial charge in [0, 0.05) is 24.6 Å². The van der Waals surface area contributed by atoms with Crippen LogP contribution in [0.25, 0.3) is 0 Å². The summed E-state index contributed by atoms with van der Waals surface area (Å²) in [6.45, 7) is 5.95. The van der Waals surface area contributed by atoms with Crippen molar-refractivity contribution < 1.29 is 14.3 Å². The average molecular weight is 463 g/mol. The summed E-state index contributed by atoms with van der Waals surface area (Å²) in [7, 11) is 0. The number of hydrogen-bond acceptors (Lipinski definition) is 4. The van der Waals surface area contributed by atoms with E-state index in [-0.39, 0.29) is 35.9 Å². The molecule has 2 saturated carbocycles. The number of hydrogen-bond donors (Lipinski definition) is 3. The highest BCUT2D eigenvalue weighted by Gasteiger charge is 2.59. The summed E-state index contributed by atoms with van der Waals surface area (Å²) in [4.78, 5) is 4.53. The number of aliphatic hydroxyl groups excluding tert-OH is 1. The number of ether oxygens (including phenoxy) is 1. The van der Waals surface area contributed by atoms with Crippen LogP contribution in [-0.2, 0) is 4.74 Å². The summed E-state index contributed by atoms with van der Waals surface area (Å²) in [5, 5.41) is 17.0. The molecule has 6 nitrogen and oxygen atoms in total. The van der Waals surface area contributed by atoms with Crippen LogP contribution in [0.4, 0.5) is 0 Å². The van der Waals surface area contributed by atoms with Gasteiger partial charge >= 0.3 is 0 Å². The van der Waals surface area contributed by atoms with Gasteiger partial charge in [0.05, 0.1) is 18.9 Å². The molecule has 0 bridgehead atoms. The fourth-order valence-corrected chi connectivity index (χ4v) is 3.87. The van der Waals surface area contributed by atoms with Gasteiger partial charge in [0.2, 0.25) is 0 Å². The number of guanidine groups is 1. The van der Waals surface area contributed by atoms with Gasteiger partial charge in [-0.2, -0.15) is 0 Å². The summed E-state index contributed by atoms with van der Waals surface area (Å²) < 4.78 is 11.1. The molecule has 0 saturated heterocycles. The Labute approximate surface area is 166 Å². The van der Waals surface area contributed by atoms with E-state index in [9.17, 15) is 5.11 Å². The lowest BCUT2D eigenvalue weighted by atomic mass is 9.51. The van der Waals surface area contributed by atoms with Crippen molar-refractivity contribution in [2.45, 2.75) is 57.8 Å². The van der Waals surface area contributed by atoms with Crippen LogP contribution in [0.15, 0.2) is 27.8 Å². The zero-order chi connectivity index (χ0) is 17.0. The second-order valence-electron chi connectivity index (χ2n) is 6.71. The number of furan rings is 1. The van der Waals surface area contributed by atoms with E-state index in [1.165, 1.54) is 19.3 Å². The van der Waals surface area contributed by atoms with Crippen molar-refractivity contribution in [3.05, 3.63) is 24.2 Å². The maximum Gasteiger partial charge on any atom is 0.191 e. The zero-order valence-electron chi connectivity index (χ0n) is 15.0. The predicted octanol–water partition coefficient (Wildman–Crippen LogP) is 2.83. The lowest BCUT2D eigenvalue weighted by molar-refractivity contribution is -0.168. The van der Waals surface area contributed by atoms with Gasteiger partial charge in [-0.1, -0.05) is 6.42 Å². The molecule has 1 heterocycles. The molecule has 3 N–H and O–H groups in total. The van der Waals surface area contributed by atoms with Gasteiger partial charge in [0.25, 0.3) is 0 Å². The Morgan fingerprint density at radius 3 is 2.84 bits per heavy atom. The Morgan fingerprint density at radius 2 is 2.28 bits per heavy atom. The number of aliphatic hydroxyl groups is 1. The second kappa shape index (κ2) is 9.23. The summed E-state index contributed by atoms with van der Waals surface area (Å²) in [6, 6.07) is 3.94. The normalized spacial score (nSPS) is 25.5. The largest absolute Gasteiger partial charge is 0.467 e. The fourth-order valence-electron chi connectivity index (χ4n) is 3.87. The van der Waals surface area contributed by atoms with Crippen molar-refractivity contribution in [2.24, 2.45) is 10.4 Å². The monoisotopic (exact) mass is 463 g/mol. The van der Waals surface area contributed by atoms with Crippen LogP contribution in [-0.4, -0.2) is 42.9 Å². The third-order valence-corrected chi connectivity index (χ3v) is 5.39. The lowest BCUT2D eigenvalue weighted by Gasteiger charge is -2.61. The number of aliphatic imine (C=N–C) groups is 1. The molecule has 0 aliphatic heterocycles. The highest BCUT2D eigenvalue weighted by Crippen LogP contribution is 2.57. The highest BCUT2D eigenvalue weighted by atomic mass is 127. The first-order chi connectivity index (χ1) is 11.7. The van der Waals surface area contributed by atoms with Gasteiger partial charge in [-0.3, -0.25) is 4.99 Å². The molecule has 25 heavy (non-hydrogen) atoms. The average Bonchev–Trinajstić information content (AvgIpc) is 3.04. The molecule has 0 radical (unpaired) electrons. The topological polar surface area (TPSA) is 79.0 Å². The predicted molar refractivity (Wildman–Crippen MR) is 108 cm³/mol. The number of nitrogens with zero attached hydrogens (tertiary/aromatic N) is 1. The first-order valence-electron chi connectivity index (χ1n) is 9.07. The zero-order valence-corrected chi connectivity index (χ0v) is 17.4. The lowest BCUT2D eigenvalue weighted by Crippen LogP contribution is -2.68. The van der Waals surface area contributed by atoms with Crippen LogP contribution >= 0.6 is 24.0 Å². The highest BCUT2D eigenvalue weighted by molar-refractivity contribution is 14.0. The smallest absolute Gasteiger partial charge is 0.191 e. The molecule has 0 aromatic carbocycles. The van der Waals surface area contributed by atoms with Crippen LogP contribution in [0.2, 0.25) is 0 Å². The maximum atomic E-state index is 10.1. The van der Waals surface area contributed by atoms with Crippen molar-refractivity contribution in [3.8, 4) is 0 Å². The molecule has 0 amide bonds. The third-order valence-electron chi connectivity index (χ3n) is 5.39. The molecule has 2 aliphatic carbocycles. The van der Waals surface area contributed by atoms with Gasteiger partial charge in [-0.15, -0.1) is 24.0 Å². The third kappa shape index (κ3) is 4.31. The quantitative estimate of drug-likeness (QED) is 0.329. The molecular formula is C18H30IN3O3. The van der Waals surface area contributed by atoms with E-state index in [0.29, 0.717) is 17.9 Å². The van der Waals surface area contributed by atoms with E-state index >= 15 is 0 Å². The number of rotatable bonds is 7. The van der Waals surface area contributed by atoms with Crippen LogP contribution in [0.1, 0.15) is 51.4 Å². The standard InChI is InChI=1S/C18H29N3O3.HI/c1-3-19-17(20-12-13(22)14-7-5-10-24-14)21-15-11-16(23-4-2)18(15)8-6-9-18;/h5,7,10,13,15-16,22H,3-4,6,8-9,11-12H2,1-2H3,(H2,19,20,21);1H. The Bertz CT molecular complexity index is 546. The summed E-state index contributed by atoms with van der Waals surface area (Å²) >= 11 is 0. The molecule has 1 spiro atoms. The molecular weight excluding hydrogens is 433 g/mol. The first-order valence-corrected chi connectivity index (χ1v) is 9.07. The van der Waals surface area contributed by atoms with E-state index < -0.39 is 6.10 Å². The van der Waals surface area contributed by atoms with Crippen LogP contribution in [0, 0.1) is 5.41 Å². The molecule has 3 rings (SSSR count). The Hall–Kier alpha value is -0.800. The van der Waals surface area contributed by atoms with Crippen molar-refractivity contribution in [1.82, 2.24) is 10.6 Å². The van der Waals surface area contributed by atoms with Gasteiger partial charge in [-0.05, 0) is 45.2 Å². The Balaban J connectivity index is 0.00000225. The number of nitrogens with one attached hydrogen (secondary N) is 2. The number of halogens is 1. The SMILES string of the molecule is CCNC(=NCC(O)c1ccco1)NC1CC(OCC)C12CCC2.I. The van der Waals surface area contributed by atoms with E-state index in [4.69, 9.17) is 9.15 Å². The Morgan fingerprint density at radius 1 is 1.48 bits per heavy atom. The molecule has 2 fully saturated rings. The molecule has 1 aromatic rings. The molecule has 1 aromatic heterocycles. The minimum Gasteiger partial charge on any atom is -0.467 e. The summed E-state index contributed by atoms with van der Waals surface area (Å²) in [6.07, 6.45) is 5.99. The van der Waals surface area contributed by atoms with Gasteiger partial charge in [-0.25, -0.2) is 0 Å². The van der Waals surface area contributed by atoms with Crippen molar-refractivity contribution in [1.29, 1.82) is 0 Å². The van der Waals surface area contributed by atoms with E-state index in [2.05, 4.69) is 22.5 Å². The van der Waals surface area contributed by atoms with E-state index in [1.54, 1.807) is 18.4 Å². The van der Waals surface area contributed by atoms with Crippen molar-refractivity contribution in [2.75, 3.05) is 19.7 Å². The first kappa shape index (κ1) is 20.5. The molecule has 2 aliphatic rings. The molecule has 142 valence electrons. The maximum absolute atomic E-state index is 10.1. The summed E-state index contributed by atoms with van der Waals surface area (Å²) in [5.74, 6) is 1.31. The summed E-state index contributed by atoms with van der Waals surface area (Å²) in [5.41, 5.74) is 0.284. The van der Waals surface area contributed by atoms with E-state index in [0.717, 1.165) is 25.5 Å². The molecule has 7 heteroatoms. The second-order valence-corrected chi connectivity index (χ2v) is 6.71. The Kier molecular flexibility index (Phi) is 7.57. The van der Waals surface area contributed by atoms with E-state index in [1.807, 2.05) is 6.92 Å². The van der Waals surface area contributed by atoms with Crippen LogP contribution in [0.5, 0.6) is 0 Å². The van der Waals surface area contributed by atoms with Crippen molar-refractivity contribution in [3.63, 3.8) is 0 Å². The van der Waals surface area contributed by atoms with Crippen molar-refractivity contribution >= 4 is 29.9 Å². The van der Waals surface area contributed by atoms with Gasteiger partial charge < -0.3 is 24.9 Å². The fraction of sp³-hybridized carbons (Fsp3) is 0.722. The minimum atomic E-state index is -0.717. The van der Waals surface area contributed by atoms with Gasteiger partial charge in [0.1, 0.15) is 11.9 Å². The van der Waals surface area contributed by atoms with Gasteiger partial charge in [0.15, 0.2) is 5.96 Å². The van der Waals surface area contributed by atoms with Crippen LogP contribution < -0.4 is 10.6 Å². The molecule has 3 atom stereocenters.